The fourth-order valence-corrected chi connectivity index (χ4v) is 3.20. The highest BCUT2D eigenvalue weighted by molar-refractivity contribution is 5.93. The Bertz CT molecular complexity index is 1120. The van der Waals surface area contributed by atoms with Gasteiger partial charge in [0.15, 0.2) is 11.5 Å². The van der Waals surface area contributed by atoms with E-state index in [-0.39, 0.29) is 11.9 Å². The van der Waals surface area contributed by atoms with Gasteiger partial charge >= 0.3 is 0 Å². The number of methoxy groups -OCH3 is 4. The van der Waals surface area contributed by atoms with E-state index in [4.69, 9.17) is 23.9 Å². The number of amides is 1. The molecule has 164 valence electrons. The number of aromatic nitrogens is 2. The summed E-state index contributed by atoms with van der Waals surface area (Å²) >= 11 is 0. The Balaban J connectivity index is 2.06. The number of fused-ring (bicyclic) bond motifs is 1. The second kappa shape index (κ2) is 9.42. The van der Waals surface area contributed by atoms with Gasteiger partial charge in [-0.3, -0.25) is 4.79 Å². The Morgan fingerprint density at radius 1 is 0.935 bits per heavy atom. The molecule has 0 radical (unpaired) electrons. The van der Waals surface area contributed by atoms with E-state index >= 15 is 0 Å². The molecular formula is C23H27N3O5. The van der Waals surface area contributed by atoms with Crippen LogP contribution in [0.2, 0.25) is 0 Å². The molecule has 1 heterocycles. The minimum Gasteiger partial charge on any atom is -0.496 e. The van der Waals surface area contributed by atoms with E-state index in [0.29, 0.717) is 34.3 Å². The average molecular weight is 425 g/mol. The smallest absolute Gasteiger partial charge is 0.244 e. The zero-order valence-electron chi connectivity index (χ0n) is 18.5. The summed E-state index contributed by atoms with van der Waals surface area (Å²) < 4.78 is 21.8. The minimum absolute atomic E-state index is 0.0631. The summed E-state index contributed by atoms with van der Waals surface area (Å²) in [7, 11) is 6.31. The molecule has 0 aliphatic rings. The number of aromatic amines is 1. The predicted molar refractivity (Wildman–Crippen MR) is 120 cm³/mol. The first-order valence-corrected chi connectivity index (χ1v) is 9.76. The summed E-state index contributed by atoms with van der Waals surface area (Å²) in [6.07, 6.45) is 3.20. The number of carbonyl (C=O) groups excluding carboxylic acids is 1. The van der Waals surface area contributed by atoms with Crippen LogP contribution in [0.15, 0.2) is 30.3 Å². The van der Waals surface area contributed by atoms with Gasteiger partial charge in [-0.15, -0.1) is 0 Å². The third-order valence-electron chi connectivity index (χ3n) is 4.64. The molecule has 2 aromatic carbocycles. The molecule has 3 rings (SSSR count). The molecule has 31 heavy (non-hydrogen) atoms. The van der Waals surface area contributed by atoms with E-state index in [1.54, 1.807) is 40.6 Å². The molecule has 0 fully saturated rings. The van der Waals surface area contributed by atoms with Gasteiger partial charge in [-0.25, -0.2) is 4.98 Å². The van der Waals surface area contributed by atoms with Crippen molar-refractivity contribution in [2.45, 2.75) is 19.9 Å². The fraction of sp³-hybridized carbons (Fsp3) is 0.304. The molecule has 1 aromatic heterocycles. The number of carbonyl (C=O) groups is 1. The van der Waals surface area contributed by atoms with Crippen molar-refractivity contribution < 1.29 is 23.7 Å². The Kier molecular flexibility index (Phi) is 6.69. The SMILES string of the molecule is COc1cc2nc(-c3cc(OC)c(OC)cc3OC)[nH]c2cc1/C=C/C(=O)NC(C)C. The van der Waals surface area contributed by atoms with Crippen molar-refractivity contribution in [3.63, 3.8) is 0 Å². The Labute approximate surface area is 181 Å². The van der Waals surface area contributed by atoms with E-state index in [0.717, 1.165) is 16.6 Å². The van der Waals surface area contributed by atoms with Crippen molar-refractivity contribution in [2.75, 3.05) is 28.4 Å². The van der Waals surface area contributed by atoms with Gasteiger partial charge in [0.1, 0.15) is 17.3 Å². The van der Waals surface area contributed by atoms with Crippen molar-refractivity contribution in [1.29, 1.82) is 0 Å². The van der Waals surface area contributed by atoms with Gasteiger partial charge in [0.05, 0.1) is 45.0 Å². The lowest BCUT2D eigenvalue weighted by atomic mass is 10.1. The number of nitrogens with one attached hydrogen (secondary N) is 2. The zero-order chi connectivity index (χ0) is 22.5. The Hall–Kier alpha value is -3.68. The maximum Gasteiger partial charge on any atom is 0.244 e. The van der Waals surface area contributed by atoms with Crippen LogP contribution in [0.1, 0.15) is 19.4 Å². The van der Waals surface area contributed by atoms with Crippen LogP contribution >= 0.6 is 0 Å². The number of rotatable bonds is 8. The van der Waals surface area contributed by atoms with Crippen LogP contribution in [-0.2, 0) is 4.79 Å². The van der Waals surface area contributed by atoms with Gasteiger partial charge < -0.3 is 29.2 Å². The lowest BCUT2D eigenvalue weighted by Gasteiger charge is -2.12. The molecule has 0 saturated heterocycles. The molecule has 2 N–H and O–H groups in total. The summed E-state index contributed by atoms with van der Waals surface area (Å²) in [4.78, 5) is 20.0. The third-order valence-corrected chi connectivity index (χ3v) is 4.64. The lowest BCUT2D eigenvalue weighted by Crippen LogP contribution is -2.28. The molecule has 0 aliphatic heterocycles. The summed E-state index contributed by atoms with van der Waals surface area (Å²) in [6.45, 7) is 3.82. The topological polar surface area (TPSA) is 94.7 Å². The van der Waals surface area contributed by atoms with Crippen LogP contribution in [0.5, 0.6) is 23.0 Å². The standard InChI is InChI=1S/C23H27N3O5/c1-13(2)24-22(27)8-7-14-9-16-17(11-18(14)28-3)26-23(25-16)15-10-20(30-5)21(31-6)12-19(15)29-4/h7-13H,1-6H3,(H,24,27)(H,25,26)/b8-7+. The third kappa shape index (κ3) is 4.74. The average Bonchev–Trinajstić information content (AvgIpc) is 3.18. The number of ether oxygens (including phenoxy) is 4. The quantitative estimate of drug-likeness (QED) is 0.533. The molecule has 0 saturated carbocycles. The first-order valence-electron chi connectivity index (χ1n) is 9.76. The van der Waals surface area contributed by atoms with Gasteiger partial charge in [0, 0.05) is 29.8 Å². The van der Waals surface area contributed by atoms with Crippen LogP contribution in [0.25, 0.3) is 28.5 Å². The number of benzene rings is 2. The molecule has 8 heteroatoms. The van der Waals surface area contributed by atoms with E-state index in [1.807, 2.05) is 32.0 Å². The molecule has 8 nitrogen and oxygen atoms in total. The summed E-state index contributed by atoms with van der Waals surface area (Å²) in [5, 5.41) is 2.82. The van der Waals surface area contributed by atoms with Crippen molar-refractivity contribution in [3.05, 3.63) is 35.9 Å². The van der Waals surface area contributed by atoms with Gasteiger partial charge in [0.2, 0.25) is 5.91 Å². The maximum atomic E-state index is 12.0. The normalized spacial score (nSPS) is 11.2. The van der Waals surface area contributed by atoms with Crippen LogP contribution < -0.4 is 24.3 Å². The highest BCUT2D eigenvalue weighted by Gasteiger charge is 2.17. The number of nitrogens with zero attached hydrogens (tertiary/aromatic N) is 1. The van der Waals surface area contributed by atoms with Gasteiger partial charge in [-0.2, -0.15) is 0 Å². The highest BCUT2D eigenvalue weighted by Crippen LogP contribution is 2.40. The zero-order valence-corrected chi connectivity index (χ0v) is 18.5. The van der Waals surface area contributed by atoms with Crippen molar-refractivity contribution in [3.8, 4) is 34.4 Å². The number of hydrogen-bond donors (Lipinski definition) is 2. The Morgan fingerprint density at radius 2 is 1.58 bits per heavy atom. The van der Waals surface area contributed by atoms with Crippen molar-refractivity contribution in [2.24, 2.45) is 0 Å². The second-order valence-corrected chi connectivity index (χ2v) is 7.10. The van der Waals surface area contributed by atoms with E-state index in [2.05, 4.69) is 10.3 Å². The number of hydrogen-bond acceptors (Lipinski definition) is 6. The van der Waals surface area contributed by atoms with Crippen LogP contribution in [0.3, 0.4) is 0 Å². The monoisotopic (exact) mass is 425 g/mol. The second-order valence-electron chi connectivity index (χ2n) is 7.10. The first kappa shape index (κ1) is 22.0. The predicted octanol–water partition coefficient (Wildman–Crippen LogP) is 3.80. The molecule has 0 aliphatic carbocycles. The molecule has 0 unspecified atom stereocenters. The molecule has 0 spiro atoms. The molecular weight excluding hydrogens is 398 g/mol. The number of H-pyrrole nitrogens is 1. The van der Waals surface area contributed by atoms with Crippen LogP contribution in [-0.4, -0.2) is 50.4 Å². The van der Waals surface area contributed by atoms with Crippen molar-refractivity contribution >= 4 is 23.0 Å². The molecule has 3 aromatic rings. The summed E-state index contributed by atoms with van der Waals surface area (Å²) in [6, 6.07) is 7.33. The highest BCUT2D eigenvalue weighted by atomic mass is 16.5. The summed E-state index contributed by atoms with van der Waals surface area (Å²) in [5.41, 5.74) is 2.98. The maximum absolute atomic E-state index is 12.0. The van der Waals surface area contributed by atoms with Crippen LogP contribution in [0.4, 0.5) is 0 Å². The first-order chi connectivity index (χ1) is 14.9. The van der Waals surface area contributed by atoms with E-state index < -0.39 is 0 Å². The Morgan fingerprint density at radius 3 is 2.19 bits per heavy atom. The summed E-state index contributed by atoms with van der Waals surface area (Å²) in [5.74, 6) is 2.77. The van der Waals surface area contributed by atoms with Gasteiger partial charge in [-0.1, -0.05) is 0 Å². The lowest BCUT2D eigenvalue weighted by molar-refractivity contribution is -0.116. The van der Waals surface area contributed by atoms with Crippen molar-refractivity contribution in [1.82, 2.24) is 15.3 Å². The van der Waals surface area contributed by atoms with E-state index in [1.165, 1.54) is 6.08 Å². The molecule has 1 amide bonds. The minimum atomic E-state index is -0.169. The fourth-order valence-electron chi connectivity index (χ4n) is 3.20. The van der Waals surface area contributed by atoms with Gasteiger partial charge in [0.25, 0.3) is 0 Å². The van der Waals surface area contributed by atoms with E-state index in [9.17, 15) is 4.79 Å². The van der Waals surface area contributed by atoms with Gasteiger partial charge in [-0.05, 0) is 32.1 Å². The number of imidazole rings is 1. The molecule has 0 atom stereocenters. The van der Waals surface area contributed by atoms with Crippen LogP contribution in [0, 0.1) is 0 Å². The largest absolute Gasteiger partial charge is 0.496 e. The molecule has 0 bridgehead atoms.